The van der Waals surface area contributed by atoms with Crippen LogP contribution >= 0.6 is 0 Å². The minimum atomic E-state index is 0.532. The molecule has 0 amide bonds. The lowest BCUT2D eigenvalue weighted by molar-refractivity contribution is 0.806. The Morgan fingerprint density at radius 1 is 1.18 bits per heavy atom. The molecule has 3 heteroatoms. The molecular weight excluding hydrogens is 210 g/mol. The number of hydrogen-bond donors (Lipinski definition) is 1. The van der Waals surface area contributed by atoms with Crippen LogP contribution in [0.1, 0.15) is 12.0 Å². The van der Waals surface area contributed by atoms with Crippen molar-refractivity contribution in [2.45, 2.75) is 13.0 Å². The van der Waals surface area contributed by atoms with Crippen LogP contribution in [0.25, 0.3) is 0 Å². The van der Waals surface area contributed by atoms with Gasteiger partial charge in [-0.15, -0.1) is 0 Å². The zero-order chi connectivity index (χ0) is 11.9. The van der Waals surface area contributed by atoms with Gasteiger partial charge in [0.15, 0.2) is 0 Å². The maximum atomic E-state index is 8.45. The fourth-order valence-electron chi connectivity index (χ4n) is 1.70. The molecule has 1 heterocycles. The third-order valence-electron chi connectivity index (χ3n) is 2.52. The second-order valence-corrected chi connectivity index (χ2v) is 3.89. The van der Waals surface area contributed by atoms with Crippen LogP contribution in [0.3, 0.4) is 0 Å². The fraction of sp³-hybridized carbons (Fsp3) is 0.214. The summed E-state index contributed by atoms with van der Waals surface area (Å²) in [7, 11) is 0. The molecule has 0 radical (unpaired) electrons. The third-order valence-corrected chi connectivity index (χ3v) is 2.52. The molecule has 0 fully saturated rings. The molecule has 0 aliphatic carbocycles. The average Bonchev–Trinajstić information content (AvgIpc) is 2.79. The van der Waals surface area contributed by atoms with Crippen LogP contribution in [0.15, 0.2) is 48.8 Å². The van der Waals surface area contributed by atoms with E-state index in [2.05, 4.69) is 34.3 Å². The Hall–Kier alpha value is -2.21. The molecule has 0 atom stereocenters. The molecule has 17 heavy (non-hydrogen) atoms. The number of hydrogen-bond acceptors (Lipinski definition) is 2. The molecule has 1 aromatic carbocycles. The molecule has 2 rings (SSSR count). The van der Waals surface area contributed by atoms with Crippen LogP contribution in [-0.2, 0) is 6.54 Å². The number of nitrogens with zero attached hydrogens (tertiary/aromatic N) is 2. The van der Waals surface area contributed by atoms with Gasteiger partial charge in [-0.3, -0.25) is 0 Å². The van der Waals surface area contributed by atoms with Crippen molar-refractivity contribution in [1.29, 1.82) is 5.26 Å². The van der Waals surface area contributed by atoms with Crippen molar-refractivity contribution in [3.05, 3.63) is 54.4 Å². The Kier molecular flexibility index (Phi) is 3.82. The first kappa shape index (κ1) is 11.3. The van der Waals surface area contributed by atoms with Crippen LogP contribution in [0.4, 0.5) is 5.69 Å². The molecule has 0 saturated heterocycles. The SMILES string of the molecule is N#CCCNc1ccn(Cc2ccccc2)c1. The molecule has 2 aromatic rings. The number of rotatable bonds is 5. The molecule has 0 bridgehead atoms. The van der Waals surface area contributed by atoms with Crippen molar-refractivity contribution in [2.24, 2.45) is 0 Å². The molecular formula is C14H15N3. The number of nitriles is 1. The van der Waals surface area contributed by atoms with Gasteiger partial charge >= 0.3 is 0 Å². The van der Waals surface area contributed by atoms with E-state index in [-0.39, 0.29) is 0 Å². The second kappa shape index (κ2) is 5.76. The van der Waals surface area contributed by atoms with Gasteiger partial charge in [-0.2, -0.15) is 5.26 Å². The van der Waals surface area contributed by atoms with E-state index in [0.29, 0.717) is 13.0 Å². The summed E-state index contributed by atoms with van der Waals surface area (Å²) in [5.74, 6) is 0. The van der Waals surface area contributed by atoms with Gasteiger partial charge in [-0.1, -0.05) is 30.3 Å². The van der Waals surface area contributed by atoms with Crippen LogP contribution in [0.5, 0.6) is 0 Å². The zero-order valence-corrected chi connectivity index (χ0v) is 9.63. The Morgan fingerprint density at radius 3 is 2.76 bits per heavy atom. The van der Waals surface area contributed by atoms with Crippen molar-refractivity contribution in [3.63, 3.8) is 0 Å². The molecule has 1 aromatic heterocycles. The van der Waals surface area contributed by atoms with E-state index < -0.39 is 0 Å². The average molecular weight is 225 g/mol. The molecule has 3 nitrogen and oxygen atoms in total. The Morgan fingerprint density at radius 2 is 2.00 bits per heavy atom. The van der Waals surface area contributed by atoms with E-state index in [1.807, 2.05) is 30.5 Å². The van der Waals surface area contributed by atoms with E-state index in [0.717, 1.165) is 12.2 Å². The van der Waals surface area contributed by atoms with Crippen molar-refractivity contribution in [1.82, 2.24) is 4.57 Å². The van der Waals surface area contributed by atoms with E-state index in [1.165, 1.54) is 5.56 Å². The number of benzene rings is 1. The Bertz CT molecular complexity index is 494. The summed E-state index contributed by atoms with van der Waals surface area (Å²) in [5, 5.41) is 11.7. The van der Waals surface area contributed by atoms with E-state index >= 15 is 0 Å². The van der Waals surface area contributed by atoms with E-state index in [9.17, 15) is 0 Å². The minimum Gasteiger partial charge on any atom is -0.383 e. The topological polar surface area (TPSA) is 40.8 Å². The second-order valence-electron chi connectivity index (χ2n) is 3.89. The standard InChI is InChI=1S/C14H15N3/c15-8-4-9-16-14-7-10-17(12-14)11-13-5-2-1-3-6-13/h1-3,5-7,10,12,16H,4,9,11H2. The molecule has 1 N–H and O–H groups in total. The highest BCUT2D eigenvalue weighted by Crippen LogP contribution is 2.10. The number of aromatic nitrogens is 1. The lowest BCUT2D eigenvalue weighted by Crippen LogP contribution is -2.00. The van der Waals surface area contributed by atoms with E-state index in [4.69, 9.17) is 5.26 Å². The van der Waals surface area contributed by atoms with E-state index in [1.54, 1.807) is 0 Å². The van der Waals surface area contributed by atoms with Crippen molar-refractivity contribution in [2.75, 3.05) is 11.9 Å². The first-order valence-electron chi connectivity index (χ1n) is 5.69. The summed E-state index contributed by atoms with van der Waals surface area (Å²) in [6.45, 7) is 1.58. The summed E-state index contributed by atoms with van der Waals surface area (Å²) in [5.41, 5.74) is 2.35. The van der Waals surface area contributed by atoms with Gasteiger partial charge < -0.3 is 9.88 Å². The zero-order valence-electron chi connectivity index (χ0n) is 9.63. The molecule has 86 valence electrons. The first-order valence-corrected chi connectivity index (χ1v) is 5.69. The number of nitrogens with one attached hydrogen (secondary N) is 1. The number of anilines is 1. The van der Waals surface area contributed by atoms with Gasteiger partial charge in [0.1, 0.15) is 0 Å². The van der Waals surface area contributed by atoms with Crippen molar-refractivity contribution in [3.8, 4) is 6.07 Å². The van der Waals surface area contributed by atoms with Gasteiger partial charge in [0.05, 0.1) is 18.2 Å². The van der Waals surface area contributed by atoms with Gasteiger partial charge in [0.25, 0.3) is 0 Å². The third kappa shape index (κ3) is 3.39. The summed E-state index contributed by atoms with van der Waals surface area (Å²) in [4.78, 5) is 0. The van der Waals surface area contributed by atoms with Crippen LogP contribution in [0.2, 0.25) is 0 Å². The largest absolute Gasteiger partial charge is 0.383 e. The predicted octanol–water partition coefficient (Wildman–Crippen LogP) is 2.86. The monoisotopic (exact) mass is 225 g/mol. The molecule has 0 aliphatic heterocycles. The minimum absolute atomic E-state index is 0.532. The van der Waals surface area contributed by atoms with Gasteiger partial charge in [0.2, 0.25) is 0 Å². The summed E-state index contributed by atoms with van der Waals surface area (Å²) in [6, 6.07) is 14.5. The lowest BCUT2D eigenvalue weighted by Gasteiger charge is -2.03. The lowest BCUT2D eigenvalue weighted by atomic mass is 10.2. The first-order chi connectivity index (χ1) is 8.38. The van der Waals surface area contributed by atoms with Gasteiger partial charge in [-0.05, 0) is 11.6 Å². The fourth-order valence-corrected chi connectivity index (χ4v) is 1.70. The summed E-state index contributed by atoms with van der Waals surface area (Å²) < 4.78 is 2.13. The Balaban J connectivity index is 1.93. The van der Waals surface area contributed by atoms with Crippen LogP contribution in [0, 0.1) is 11.3 Å². The molecule has 0 unspecified atom stereocenters. The van der Waals surface area contributed by atoms with Crippen LogP contribution < -0.4 is 5.32 Å². The van der Waals surface area contributed by atoms with Crippen molar-refractivity contribution < 1.29 is 0 Å². The highest BCUT2D eigenvalue weighted by Gasteiger charge is 1.97. The van der Waals surface area contributed by atoms with Crippen LogP contribution in [-0.4, -0.2) is 11.1 Å². The molecule has 0 aliphatic rings. The normalized spacial score (nSPS) is 9.82. The highest BCUT2D eigenvalue weighted by atomic mass is 15.0. The Labute approximate surface area is 101 Å². The van der Waals surface area contributed by atoms with Gasteiger partial charge in [0, 0.05) is 25.5 Å². The maximum Gasteiger partial charge on any atom is 0.0640 e. The van der Waals surface area contributed by atoms with Gasteiger partial charge in [-0.25, -0.2) is 0 Å². The predicted molar refractivity (Wildman–Crippen MR) is 68.7 cm³/mol. The summed E-state index contributed by atoms with van der Waals surface area (Å²) >= 11 is 0. The molecule has 0 spiro atoms. The molecule has 0 saturated carbocycles. The highest BCUT2D eigenvalue weighted by molar-refractivity contribution is 5.41. The maximum absolute atomic E-state index is 8.45. The summed E-state index contributed by atoms with van der Waals surface area (Å²) in [6.07, 6.45) is 4.63. The van der Waals surface area contributed by atoms with Crippen molar-refractivity contribution >= 4 is 5.69 Å². The smallest absolute Gasteiger partial charge is 0.0640 e. The quantitative estimate of drug-likeness (QED) is 0.795.